The summed E-state index contributed by atoms with van der Waals surface area (Å²) >= 11 is 9.12. The molecule has 0 atom stereocenters. The number of hydrogen-bond acceptors (Lipinski definition) is 3. The van der Waals surface area contributed by atoms with Gasteiger partial charge in [0.05, 0.1) is 4.92 Å². The molecule has 1 amide bonds. The number of nitro benzene ring substituents is 1. The summed E-state index contributed by atoms with van der Waals surface area (Å²) < 4.78 is 2.49. The molecule has 0 fully saturated rings. The molecule has 0 radical (unpaired) electrons. The van der Waals surface area contributed by atoms with Crippen molar-refractivity contribution in [2.45, 2.75) is 13.5 Å². The molecule has 8 heteroatoms. The Morgan fingerprint density at radius 3 is 2.81 bits per heavy atom. The van der Waals surface area contributed by atoms with Gasteiger partial charge in [0, 0.05) is 28.3 Å². The fraction of sp³-hybridized carbons (Fsp3) is 0.154. The first-order valence-electron chi connectivity index (χ1n) is 6.03. The molecule has 1 N–H and O–H groups in total. The molecule has 21 heavy (non-hydrogen) atoms. The number of rotatable bonds is 4. The fourth-order valence-electron chi connectivity index (χ4n) is 1.88. The van der Waals surface area contributed by atoms with Crippen molar-refractivity contribution in [2.24, 2.45) is 0 Å². The summed E-state index contributed by atoms with van der Waals surface area (Å²) in [5, 5.41) is 13.8. The lowest BCUT2D eigenvalue weighted by molar-refractivity contribution is -0.383. The van der Waals surface area contributed by atoms with E-state index in [1.807, 2.05) is 6.92 Å². The van der Waals surface area contributed by atoms with Crippen LogP contribution in [0.4, 0.5) is 11.4 Å². The molecule has 1 aromatic heterocycles. The number of benzene rings is 1. The van der Waals surface area contributed by atoms with Crippen LogP contribution in [0.25, 0.3) is 0 Å². The van der Waals surface area contributed by atoms with E-state index in [0.717, 1.165) is 4.47 Å². The molecule has 0 bridgehead atoms. The molecule has 0 unspecified atom stereocenters. The van der Waals surface area contributed by atoms with Crippen LogP contribution in [0, 0.1) is 10.1 Å². The van der Waals surface area contributed by atoms with Gasteiger partial charge in [0.2, 0.25) is 0 Å². The Balaban J connectivity index is 2.35. The van der Waals surface area contributed by atoms with Gasteiger partial charge in [0.1, 0.15) is 11.4 Å². The lowest BCUT2D eigenvalue weighted by atomic mass is 10.2. The van der Waals surface area contributed by atoms with E-state index in [2.05, 4.69) is 21.2 Å². The van der Waals surface area contributed by atoms with E-state index in [4.69, 9.17) is 11.6 Å². The minimum absolute atomic E-state index is 0.0671. The molecule has 0 aliphatic carbocycles. The zero-order valence-electron chi connectivity index (χ0n) is 11.0. The number of halogens is 2. The van der Waals surface area contributed by atoms with E-state index < -0.39 is 10.8 Å². The monoisotopic (exact) mass is 371 g/mol. The third-order valence-corrected chi connectivity index (χ3v) is 3.51. The minimum atomic E-state index is -0.569. The number of aryl methyl sites for hydroxylation is 1. The number of aromatic nitrogens is 1. The smallest absolute Gasteiger partial charge is 0.292 e. The average Bonchev–Trinajstić information content (AvgIpc) is 2.79. The maximum absolute atomic E-state index is 12.3. The minimum Gasteiger partial charge on any atom is -0.343 e. The zero-order valence-corrected chi connectivity index (χ0v) is 13.3. The Labute approximate surface area is 134 Å². The highest BCUT2D eigenvalue weighted by Crippen LogP contribution is 2.28. The summed E-state index contributed by atoms with van der Waals surface area (Å²) in [5.41, 5.74) is 0.262. The highest BCUT2D eigenvalue weighted by atomic mass is 79.9. The van der Waals surface area contributed by atoms with Crippen LogP contribution in [0.1, 0.15) is 17.4 Å². The van der Waals surface area contributed by atoms with Crippen LogP contribution in [0.15, 0.2) is 34.9 Å². The highest BCUT2D eigenvalue weighted by molar-refractivity contribution is 9.10. The lowest BCUT2D eigenvalue weighted by Crippen LogP contribution is -2.17. The summed E-state index contributed by atoms with van der Waals surface area (Å²) in [4.78, 5) is 22.7. The van der Waals surface area contributed by atoms with Gasteiger partial charge in [0.15, 0.2) is 0 Å². The molecule has 0 saturated carbocycles. The Hall–Kier alpha value is -1.86. The van der Waals surface area contributed by atoms with Crippen molar-refractivity contribution in [1.29, 1.82) is 0 Å². The molecule has 1 aromatic carbocycles. The van der Waals surface area contributed by atoms with Gasteiger partial charge in [-0.3, -0.25) is 14.9 Å². The molecule has 110 valence electrons. The van der Waals surface area contributed by atoms with Gasteiger partial charge < -0.3 is 9.88 Å². The van der Waals surface area contributed by atoms with Crippen molar-refractivity contribution in [3.8, 4) is 0 Å². The van der Waals surface area contributed by atoms with E-state index in [1.165, 1.54) is 18.2 Å². The number of nitro groups is 1. The first-order chi connectivity index (χ1) is 9.92. The van der Waals surface area contributed by atoms with Gasteiger partial charge in [-0.25, -0.2) is 0 Å². The second-order valence-electron chi connectivity index (χ2n) is 4.20. The second kappa shape index (κ2) is 6.28. The fourth-order valence-corrected chi connectivity index (χ4v) is 2.52. The van der Waals surface area contributed by atoms with Crippen molar-refractivity contribution < 1.29 is 9.72 Å². The Morgan fingerprint density at radius 1 is 1.48 bits per heavy atom. The van der Waals surface area contributed by atoms with Crippen molar-refractivity contribution >= 4 is 44.8 Å². The number of carbonyl (C=O) groups is 1. The van der Waals surface area contributed by atoms with Crippen LogP contribution in [0.5, 0.6) is 0 Å². The molecule has 2 rings (SSSR count). The third kappa shape index (κ3) is 3.43. The number of hydrogen-bond donors (Lipinski definition) is 1. The summed E-state index contributed by atoms with van der Waals surface area (Å²) in [5.74, 6) is -0.437. The van der Waals surface area contributed by atoms with Crippen molar-refractivity contribution in [3.05, 3.63) is 55.8 Å². The van der Waals surface area contributed by atoms with E-state index in [-0.39, 0.29) is 11.4 Å². The van der Waals surface area contributed by atoms with Gasteiger partial charge in [0.25, 0.3) is 11.6 Å². The van der Waals surface area contributed by atoms with Crippen LogP contribution < -0.4 is 5.32 Å². The standard InChI is InChI=1S/C13H11BrClN3O3/c1-2-17-7-8(14)5-12(17)13(19)16-10-6-9(15)3-4-11(10)18(20)21/h3-7H,2H2,1H3,(H,16,19). The molecule has 1 heterocycles. The summed E-state index contributed by atoms with van der Waals surface area (Å²) in [6.45, 7) is 2.50. The first-order valence-corrected chi connectivity index (χ1v) is 7.20. The van der Waals surface area contributed by atoms with Crippen molar-refractivity contribution in [2.75, 3.05) is 5.32 Å². The Morgan fingerprint density at radius 2 is 2.19 bits per heavy atom. The predicted octanol–water partition coefficient (Wildman–Crippen LogP) is 4.08. The summed E-state index contributed by atoms with van der Waals surface area (Å²) in [6.07, 6.45) is 1.77. The Bertz CT molecular complexity index is 715. The maximum atomic E-state index is 12.3. The summed E-state index contributed by atoms with van der Waals surface area (Å²) in [6, 6.07) is 5.66. The largest absolute Gasteiger partial charge is 0.343 e. The van der Waals surface area contributed by atoms with Crippen LogP contribution >= 0.6 is 27.5 Å². The normalized spacial score (nSPS) is 10.4. The maximum Gasteiger partial charge on any atom is 0.292 e. The van der Waals surface area contributed by atoms with Gasteiger partial charge in [-0.1, -0.05) is 11.6 Å². The number of anilines is 1. The van der Waals surface area contributed by atoms with Crippen LogP contribution in [0.2, 0.25) is 5.02 Å². The van der Waals surface area contributed by atoms with E-state index in [9.17, 15) is 14.9 Å². The lowest BCUT2D eigenvalue weighted by Gasteiger charge is -2.08. The van der Waals surface area contributed by atoms with E-state index in [1.54, 1.807) is 16.8 Å². The quantitative estimate of drug-likeness (QED) is 0.649. The second-order valence-corrected chi connectivity index (χ2v) is 5.55. The van der Waals surface area contributed by atoms with Crippen molar-refractivity contribution in [3.63, 3.8) is 0 Å². The topological polar surface area (TPSA) is 77.2 Å². The number of nitrogens with zero attached hydrogens (tertiary/aromatic N) is 2. The van der Waals surface area contributed by atoms with Crippen LogP contribution in [0.3, 0.4) is 0 Å². The highest BCUT2D eigenvalue weighted by Gasteiger charge is 2.19. The van der Waals surface area contributed by atoms with Gasteiger partial charge in [-0.05, 0) is 41.1 Å². The van der Waals surface area contributed by atoms with E-state index >= 15 is 0 Å². The molecular weight excluding hydrogens is 362 g/mol. The first kappa shape index (κ1) is 15.5. The van der Waals surface area contributed by atoms with Gasteiger partial charge in [-0.15, -0.1) is 0 Å². The summed E-state index contributed by atoms with van der Waals surface area (Å²) in [7, 11) is 0. The molecule has 6 nitrogen and oxygen atoms in total. The van der Waals surface area contributed by atoms with Gasteiger partial charge >= 0.3 is 0 Å². The van der Waals surface area contributed by atoms with E-state index in [0.29, 0.717) is 17.3 Å². The molecule has 2 aromatic rings. The molecule has 0 aliphatic heterocycles. The molecule has 0 saturated heterocycles. The Kier molecular flexibility index (Phi) is 4.64. The average molecular weight is 373 g/mol. The zero-order chi connectivity index (χ0) is 15.6. The SMILES string of the molecule is CCn1cc(Br)cc1C(=O)Nc1cc(Cl)ccc1[N+](=O)[O-]. The number of nitrogens with one attached hydrogen (secondary N) is 1. The predicted molar refractivity (Wildman–Crippen MR) is 83.9 cm³/mol. The third-order valence-electron chi connectivity index (χ3n) is 2.84. The van der Waals surface area contributed by atoms with Crippen molar-refractivity contribution in [1.82, 2.24) is 4.57 Å². The number of amides is 1. The molecular formula is C13H11BrClN3O3. The van der Waals surface area contributed by atoms with Crippen LogP contribution in [-0.4, -0.2) is 15.4 Å². The molecule has 0 aliphatic rings. The molecule has 0 spiro atoms. The van der Waals surface area contributed by atoms with Crippen LogP contribution in [-0.2, 0) is 6.54 Å². The number of carbonyl (C=O) groups excluding carboxylic acids is 1. The van der Waals surface area contributed by atoms with Gasteiger partial charge in [-0.2, -0.15) is 0 Å².